The predicted molar refractivity (Wildman–Crippen MR) is 76.0 cm³/mol. The summed E-state index contributed by atoms with van der Waals surface area (Å²) < 4.78 is 5.87. The van der Waals surface area contributed by atoms with Crippen LogP contribution in [0.3, 0.4) is 0 Å². The zero-order valence-corrected chi connectivity index (χ0v) is 12.4. The van der Waals surface area contributed by atoms with Crippen molar-refractivity contribution >= 4 is 33.7 Å². The second-order valence-corrected chi connectivity index (χ2v) is 5.51. The van der Waals surface area contributed by atoms with Gasteiger partial charge in [-0.2, -0.15) is 0 Å². The third-order valence-corrected chi connectivity index (χ3v) is 3.83. The molecule has 0 amide bonds. The lowest BCUT2D eigenvalue weighted by molar-refractivity contribution is 0.0692. The monoisotopic (exact) mass is 339 g/mol. The van der Waals surface area contributed by atoms with E-state index in [4.69, 9.17) is 4.74 Å². The molecule has 0 saturated heterocycles. The van der Waals surface area contributed by atoms with Gasteiger partial charge in [0, 0.05) is 10.7 Å². The molecule has 0 radical (unpaired) electrons. The standard InChI is InChI=1S/C13H10BrNO3S/c1-18-10-4-2-3-5-11(10)19-12-9(13(16)17)6-8(14)7-15-12/h2-7H,1H3,(H,16,17). The third-order valence-electron chi connectivity index (χ3n) is 2.32. The second-order valence-electron chi connectivity index (χ2n) is 3.56. The summed E-state index contributed by atoms with van der Waals surface area (Å²) in [5.41, 5.74) is 0.158. The molecule has 19 heavy (non-hydrogen) atoms. The number of methoxy groups -OCH3 is 1. The first kappa shape index (κ1) is 13.9. The van der Waals surface area contributed by atoms with E-state index in [0.717, 1.165) is 4.90 Å². The van der Waals surface area contributed by atoms with Crippen LogP contribution >= 0.6 is 27.7 Å². The predicted octanol–water partition coefficient (Wildman–Crippen LogP) is 3.70. The van der Waals surface area contributed by atoms with Gasteiger partial charge in [0.25, 0.3) is 0 Å². The number of aromatic carboxylic acids is 1. The Hall–Kier alpha value is -1.53. The van der Waals surface area contributed by atoms with Crippen molar-refractivity contribution in [3.63, 3.8) is 0 Å². The lowest BCUT2D eigenvalue weighted by Crippen LogP contribution is -2.01. The Kier molecular flexibility index (Phi) is 4.44. The van der Waals surface area contributed by atoms with Crippen LogP contribution in [0.2, 0.25) is 0 Å². The average molecular weight is 340 g/mol. The first-order chi connectivity index (χ1) is 9.11. The summed E-state index contributed by atoms with van der Waals surface area (Å²) in [6.07, 6.45) is 1.57. The maximum atomic E-state index is 11.2. The van der Waals surface area contributed by atoms with Gasteiger partial charge >= 0.3 is 5.97 Å². The number of aromatic nitrogens is 1. The molecule has 0 bridgehead atoms. The summed E-state index contributed by atoms with van der Waals surface area (Å²) >= 11 is 4.48. The second kappa shape index (κ2) is 6.08. The molecule has 1 aromatic heterocycles. The molecule has 98 valence electrons. The number of hydrogen-bond donors (Lipinski definition) is 1. The van der Waals surface area contributed by atoms with Crippen molar-refractivity contribution in [3.05, 3.63) is 46.6 Å². The van der Waals surface area contributed by atoms with E-state index in [9.17, 15) is 9.90 Å². The molecule has 1 aromatic carbocycles. The van der Waals surface area contributed by atoms with Crippen LogP contribution in [0.5, 0.6) is 5.75 Å². The van der Waals surface area contributed by atoms with Crippen molar-refractivity contribution in [2.24, 2.45) is 0 Å². The quantitative estimate of drug-likeness (QED) is 0.920. The Morgan fingerprint density at radius 3 is 2.84 bits per heavy atom. The SMILES string of the molecule is COc1ccccc1Sc1ncc(Br)cc1C(=O)O. The molecule has 0 aliphatic rings. The normalized spacial score (nSPS) is 10.2. The van der Waals surface area contributed by atoms with Gasteiger partial charge in [0.1, 0.15) is 10.8 Å². The number of carbonyl (C=O) groups is 1. The molecule has 1 N–H and O–H groups in total. The molecule has 1 heterocycles. The number of halogens is 1. The van der Waals surface area contributed by atoms with Crippen LogP contribution in [0.4, 0.5) is 0 Å². The molecule has 2 rings (SSSR count). The number of nitrogens with zero attached hydrogens (tertiary/aromatic N) is 1. The van der Waals surface area contributed by atoms with Gasteiger partial charge in [0.2, 0.25) is 0 Å². The number of rotatable bonds is 4. The fraction of sp³-hybridized carbons (Fsp3) is 0.0769. The number of carboxylic acids is 1. The topological polar surface area (TPSA) is 59.4 Å². The molecule has 0 atom stereocenters. The van der Waals surface area contributed by atoms with Crippen LogP contribution < -0.4 is 4.74 Å². The minimum Gasteiger partial charge on any atom is -0.496 e. The van der Waals surface area contributed by atoms with Gasteiger partial charge in [-0.15, -0.1) is 0 Å². The Bertz CT molecular complexity index is 619. The Morgan fingerprint density at radius 1 is 1.42 bits per heavy atom. The average Bonchev–Trinajstić information content (AvgIpc) is 2.41. The van der Waals surface area contributed by atoms with E-state index in [1.165, 1.54) is 17.8 Å². The van der Waals surface area contributed by atoms with Crippen LogP contribution in [0.1, 0.15) is 10.4 Å². The van der Waals surface area contributed by atoms with Gasteiger partial charge in [-0.1, -0.05) is 23.9 Å². The zero-order valence-electron chi connectivity index (χ0n) is 9.96. The van der Waals surface area contributed by atoms with Crippen molar-refractivity contribution in [1.29, 1.82) is 0 Å². The van der Waals surface area contributed by atoms with Gasteiger partial charge < -0.3 is 9.84 Å². The van der Waals surface area contributed by atoms with Crippen molar-refractivity contribution in [3.8, 4) is 5.75 Å². The Morgan fingerprint density at radius 2 is 2.16 bits per heavy atom. The van der Waals surface area contributed by atoms with Crippen LogP contribution in [0, 0.1) is 0 Å². The van der Waals surface area contributed by atoms with Gasteiger partial charge in [0.15, 0.2) is 0 Å². The molecular weight excluding hydrogens is 330 g/mol. The van der Waals surface area contributed by atoms with Gasteiger partial charge in [-0.25, -0.2) is 9.78 Å². The summed E-state index contributed by atoms with van der Waals surface area (Å²) in [6, 6.07) is 8.94. The van der Waals surface area contributed by atoms with Crippen LogP contribution in [0.15, 0.2) is 50.9 Å². The van der Waals surface area contributed by atoms with Crippen LogP contribution in [-0.2, 0) is 0 Å². The summed E-state index contributed by atoms with van der Waals surface area (Å²) in [5, 5.41) is 9.62. The lowest BCUT2D eigenvalue weighted by atomic mass is 10.3. The largest absolute Gasteiger partial charge is 0.496 e. The third kappa shape index (κ3) is 3.27. The van der Waals surface area contributed by atoms with E-state index in [1.54, 1.807) is 13.3 Å². The van der Waals surface area contributed by atoms with Crippen molar-refractivity contribution in [2.45, 2.75) is 9.92 Å². The highest BCUT2D eigenvalue weighted by Gasteiger charge is 2.15. The van der Waals surface area contributed by atoms with E-state index in [2.05, 4.69) is 20.9 Å². The molecule has 4 nitrogen and oxygen atoms in total. The molecular formula is C13H10BrNO3S. The highest BCUT2D eigenvalue weighted by atomic mass is 79.9. The molecule has 0 aliphatic carbocycles. The zero-order chi connectivity index (χ0) is 13.8. The minimum absolute atomic E-state index is 0.158. The van der Waals surface area contributed by atoms with Crippen molar-refractivity contribution in [1.82, 2.24) is 4.98 Å². The highest BCUT2D eigenvalue weighted by molar-refractivity contribution is 9.10. The summed E-state index contributed by atoms with van der Waals surface area (Å²) in [4.78, 5) is 16.2. The van der Waals surface area contributed by atoms with Crippen LogP contribution in [-0.4, -0.2) is 23.2 Å². The Balaban J connectivity index is 2.41. The number of carboxylic acid groups (broad SMARTS) is 1. The van der Waals surface area contributed by atoms with Crippen molar-refractivity contribution in [2.75, 3.05) is 7.11 Å². The summed E-state index contributed by atoms with van der Waals surface area (Å²) in [6.45, 7) is 0. The fourth-order valence-corrected chi connectivity index (χ4v) is 2.77. The van der Waals surface area contributed by atoms with Crippen LogP contribution in [0.25, 0.3) is 0 Å². The molecule has 0 fully saturated rings. The number of ether oxygens (including phenoxy) is 1. The molecule has 0 aliphatic heterocycles. The van der Waals surface area contributed by atoms with E-state index in [-0.39, 0.29) is 5.56 Å². The first-order valence-electron chi connectivity index (χ1n) is 5.31. The molecule has 2 aromatic rings. The van der Waals surface area contributed by atoms with Gasteiger partial charge in [-0.3, -0.25) is 0 Å². The lowest BCUT2D eigenvalue weighted by Gasteiger charge is -2.09. The van der Waals surface area contributed by atoms with E-state index in [1.807, 2.05) is 24.3 Å². The highest BCUT2D eigenvalue weighted by Crippen LogP contribution is 2.35. The molecule has 6 heteroatoms. The molecule has 0 unspecified atom stereocenters. The smallest absolute Gasteiger partial charge is 0.338 e. The van der Waals surface area contributed by atoms with E-state index < -0.39 is 5.97 Å². The first-order valence-corrected chi connectivity index (χ1v) is 6.92. The van der Waals surface area contributed by atoms with E-state index >= 15 is 0 Å². The number of hydrogen-bond acceptors (Lipinski definition) is 4. The maximum absolute atomic E-state index is 11.2. The fourth-order valence-electron chi connectivity index (χ4n) is 1.47. The number of benzene rings is 1. The Labute approximate surface area is 122 Å². The molecule has 0 spiro atoms. The van der Waals surface area contributed by atoms with Crippen molar-refractivity contribution < 1.29 is 14.6 Å². The summed E-state index contributed by atoms with van der Waals surface area (Å²) in [5.74, 6) is -0.320. The van der Waals surface area contributed by atoms with Gasteiger partial charge in [-0.05, 0) is 34.1 Å². The minimum atomic E-state index is -1.01. The summed E-state index contributed by atoms with van der Waals surface area (Å²) in [7, 11) is 1.58. The number of para-hydroxylation sites is 1. The molecule has 0 saturated carbocycles. The number of pyridine rings is 1. The van der Waals surface area contributed by atoms with Gasteiger partial charge in [0.05, 0.1) is 17.6 Å². The van der Waals surface area contributed by atoms with E-state index in [0.29, 0.717) is 15.2 Å². The maximum Gasteiger partial charge on any atom is 0.338 e.